The Bertz CT molecular complexity index is 1840. The minimum Gasteiger partial charge on any atom is -0.332 e. The number of carbonyl (C=O) groups excluding carboxylic acids is 1. The van der Waals surface area contributed by atoms with E-state index in [0.29, 0.717) is 28.8 Å². The Morgan fingerprint density at radius 1 is 0.872 bits per heavy atom. The third kappa shape index (κ3) is 4.15. The first-order valence-corrected chi connectivity index (χ1v) is 14.5. The van der Waals surface area contributed by atoms with Crippen LogP contribution in [0, 0.1) is 27.7 Å². The van der Waals surface area contributed by atoms with Crippen LogP contribution in [0.15, 0.2) is 77.7 Å². The van der Waals surface area contributed by atoms with Gasteiger partial charge in [-0.15, -0.1) is 0 Å². The quantitative estimate of drug-likeness (QED) is 0.296. The molecule has 0 saturated heterocycles. The minimum absolute atomic E-state index is 0.0928. The normalized spacial score (nSPS) is 13.7. The first kappa shape index (κ1) is 25.1. The zero-order chi connectivity index (χ0) is 27.5. The number of benzene rings is 2. The first-order chi connectivity index (χ1) is 18.6. The number of amides is 1. The highest BCUT2D eigenvalue weighted by atomic mass is 32.2. The monoisotopic (exact) mass is 538 g/mol. The summed E-state index contributed by atoms with van der Waals surface area (Å²) in [5, 5.41) is 0. The van der Waals surface area contributed by atoms with E-state index >= 15 is 0 Å². The van der Waals surface area contributed by atoms with Gasteiger partial charge in [0.2, 0.25) is 0 Å². The molecule has 39 heavy (non-hydrogen) atoms. The van der Waals surface area contributed by atoms with Crippen molar-refractivity contribution in [1.82, 2.24) is 18.4 Å². The molecule has 4 heterocycles. The average molecular weight is 539 g/mol. The molecule has 5 aromatic rings. The lowest BCUT2D eigenvalue weighted by Crippen LogP contribution is -2.37. The number of carbonyl (C=O) groups is 1. The highest BCUT2D eigenvalue weighted by Crippen LogP contribution is 2.30. The van der Waals surface area contributed by atoms with Gasteiger partial charge in [0.25, 0.3) is 15.9 Å². The highest BCUT2D eigenvalue weighted by molar-refractivity contribution is 7.90. The van der Waals surface area contributed by atoms with Gasteiger partial charge in [0, 0.05) is 23.5 Å². The molecule has 0 aliphatic carbocycles. The fraction of sp³-hybridized carbons (Fsp3) is 0.226. The van der Waals surface area contributed by atoms with Crippen LogP contribution >= 0.6 is 0 Å². The third-order valence-electron chi connectivity index (χ3n) is 7.56. The number of fused-ring (bicyclic) bond motifs is 2. The Morgan fingerprint density at radius 2 is 1.56 bits per heavy atom. The molecule has 0 fully saturated rings. The van der Waals surface area contributed by atoms with Crippen LogP contribution < -0.4 is 0 Å². The van der Waals surface area contributed by atoms with Gasteiger partial charge < -0.3 is 9.47 Å². The van der Waals surface area contributed by atoms with E-state index in [0.717, 1.165) is 40.3 Å². The van der Waals surface area contributed by atoms with Crippen molar-refractivity contribution < 1.29 is 13.2 Å². The molecular weight excluding hydrogens is 508 g/mol. The van der Waals surface area contributed by atoms with Gasteiger partial charge >= 0.3 is 0 Å². The molecule has 0 spiro atoms. The van der Waals surface area contributed by atoms with Crippen molar-refractivity contribution >= 4 is 27.0 Å². The van der Waals surface area contributed by atoms with Crippen LogP contribution in [0.25, 0.3) is 16.9 Å². The number of nitrogens with zero attached hydrogens (tertiary/aromatic N) is 4. The lowest BCUT2D eigenvalue weighted by Gasteiger charge is -2.29. The Hall–Kier alpha value is -4.17. The Kier molecular flexibility index (Phi) is 5.95. The summed E-state index contributed by atoms with van der Waals surface area (Å²) in [6.07, 6.45) is 0.723. The van der Waals surface area contributed by atoms with Gasteiger partial charge in [-0.25, -0.2) is 17.4 Å². The Morgan fingerprint density at radius 3 is 2.28 bits per heavy atom. The van der Waals surface area contributed by atoms with Crippen LogP contribution in [0.3, 0.4) is 0 Å². The molecule has 0 saturated carbocycles. The number of hydrogen-bond acceptors (Lipinski definition) is 4. The molecule has 2 aromatic carbocycles. The molecule has 0 bridgehead atoms. The molecule has 3 aromatic heterocycles. The summed E-state index contributed by atoms with van der Waals surface area (Å²) in [5.74, 6) is 0.673. The van der Waals surface area contributed by atoms with Crippen molar-refractivity contribution in [2.45, 2.75) is 45.6 Å². The van der Waals surface area contributed by atoms with Crippen LogP contribution in [-0.4, -0.2) is 39.3 Å². The van der Waals surface area contributed by atoms with Crippen LogP contribution in [0.5, 0.6) is 0 Å². The SMILES string of the molecule is Cc1ccc(S(=O)(=O)n2c(CN3CCc4ccccc4C3=O)cc3nc(-n4c(C)ccc4C)c(C)cc32)cc1. The molecule has 0 radical (unpaired) electrons. The predicted molar refractivity (Wildman–Crippen MR) is 152 cm³/mol. The predicted octanol–water partition coefficient (Wildman–Crippen LogP) is 5.50. The second-order valence-corrected chi connectivity index (χ2v) is 12.1. The fourth-order valence-electron chi connectivity index (χ4n) is 5.50. The molecule has 1 aliphatic heterocycles. The molecule has 0 atom stereocenters. The summed E-state index contributed by atoms with van der Waals surface area (Å²) in [7, 11) is -3.97. The zero-order valence-corrected chi connectivity index (χ0v) is 23.3. The van der Waals surface area contributed by atoms with Gasteiger partial charge in [-0.05, 0) is 87.7 Å². The molecule has 0 N–H and O–H groups in total. The molecule has 8 heteroatoms. The van der Waals surface area contributed by atoms with Gasteiger partial charge in [-0.1, -0.05) is 35.9 Å². The van der Waals surface area contributed by atoms with Crippen molar-refractivity contribution in [3.63, 3.8) is 0 Å². The van der Waals surface area contributed by atoms with E-state index in [9.17, 15) is 13.2 Å². The van der Waals surface area contributed by atoms with Crippen LogP contribution in [0.4, 0.5) is 0 Å². The summed E-state index contributed by atoms with van der Waals surface area (Å²) in [4.78, 5) is 20.3. The van der Waals surface area contributed by atoms with Crippen LogP contribution in [0.1, 0.15) is 44.1 Å². The molecule has 7 nitrogen and oxygen atoms in total. The Labute approximate surface area is 228 Å². The van der Waals surface area contributed by atoms with Gasteiger partial charge in [0.15, 0.2) is 0 Å². The second-order valence-electron chi connectivity index (χ2n) is 10.3. The number of pyridine rings is 1. The van der Waals surface area contributed by atoms with Gasteiger partial charge in [0.05, 0.1) is 28.2 Å². The number of aryl methyl sites for hydroxylation is 4. The van der Waals surface area contributed by atoms with Gasteiger partial charge in [-0.3, -0.25) is 4.79 Å². The van der Waals surface area contributed by atoms with E-state index in [2.05, 4.69) is 4.57 Å². The lowest BCUT2D eigenvalue weighted by atomic mass is 9.99. The zero-order valence-electron chi connectivity index (χ0n) is 22.5. The maximum atomic E-state index is 14.1. The van der Waals surface area contributed by atoms with E-state index in [4.69, 9.17) is 4.98 Å². The molecule has 1 aliphatic rings. The first-order valence-electron chi connectivity index (χ1n) is 13.0. The molecule has 198 valence electrons. The van der Waals surface area contributed by atoms with Crippen LogP contribution in [0.2, 0.25) is 0 Å². The van der Waals surface area contributed by atoms with E-state index < -0.39 is 10.0 Å². The highest BCUT2D eigenvalue weighted by Gasteiger charge is 2.29. The number of hydrogen-bond donors (Lipinski definition) is 0. The summed E-state index contributed by atoms with van der Waals surface area (Å²) < 4.78 is 31.7. The molecule has 0 unspecified atom stereocenters. The second kappa shape index (κ2) is 9.24. The number of rotatable bonds is 5. The minimum atomic E-state index is -3.97. The van der Waals surface area contributed by atoms with E-state index in [-0.39, 0.29) is 17.3 Å². The molecule has 1 amide bonds. The molecule has 6 rings (SSSR count). The summed E-state index contributed by atoms with van der Waals surface area (Å²) in [6, 6.07) is 22.2. The maximum Gasteiger partial charge on any atom is 0.268 e. The molecular formula is C31H30N4O3S. The third-order valence-corrected chi connectivity index (χ3v) is 9.34. The number of aromatic nitrogens is 3. The van der Waals surface area contributed by atoms with Gasteiger partial charge in [-0.2, -0.15) is 0 Å². The smallest absolute Gasteiger partial charge is 0.268 e. The van der Waals surface area contributed by atoms with Crippen molar-refractivity contribution in [2.75, 3.05) is 6.54 Å². The summed E-state index contributed by atoms with van der Waals surface area (Å²) >= 11 is 0. The van der Waals surface area contributed by atoms with Crippen molar-refractivity contribution in [2.24, 2.45) is 0 Å². The van der Waals surface area contributed by atoms with Crippen molar-refractivity contribution in [3.05, 3.63) is 112 Å². The van der Waals surface area contributed by atoms with Crippen molar-refractivity contribution in [1.29, 1.82) is 0 Å². The Balaban J connectivity index is 1.53. The fourth-order valence-corrected chi connectivity index (χ4v) is 7.02. The van der Waals surface area contributed by atoms with E-state index in [1.165, 1.54) is 3.97 Å². The van der Waals surface area contributed by atoms with E-state index in [1.54, 1.807) is 29.2 Å². The largest absolute Gasteiger partial charge is 0.332 e. The van der Waals surface area contributed by atoms with Gasteiger partial charge in [0.1, 0.15) is 5.82 Å². The summed E-state index contributed by atoms with van der Waals surface area (Å²) in [5.41, 5.74) is 7.19. The topological polar surface area (TPSA) is 77.2 Å². The lowest BCUT2D eigenvalue weighted by molar-refractivity contribution is 0.0724. The van der Waals surface area contributed by atoms with Crippen molar-refractivity contribution in [3.8, 4) is 5.82 Å². The standard InChI is InChI=1S/C31H30N4O3S/c1-20-9-13-26(14-10-20)39(37,38)35-25(19-33-16-15-24-7-5-6-8-27(24)31(33)36)18-28-29(35)17-21(2)30(32-28)34-22(3)11-12-23(34)4/h5-14,17-18H,15-16,19H2,1-4H3. The summed E-state index contributed by atoms with van der Waals surface area (Å²) in [6.45, 7) is 8.59. The van der Waals surface area contributed by atoms with Crippen LogP contribution in [-0.2, 0) is 23.0 Å². The van der Waals surface area contributed by atoms with E-state index in [1.807, 2.05) is 76.2 Å². The maximum absolute atomic E-state index is 14.1. The average Bonchev–Trinajstić information content (AvgIpc) is 3.44.